The van der Waals surface area contributed by atoms with Gasteiger partial charge in [0.15, 0.2) is 5.65 Å². The number of rotatable bonds is 8. The van der Waals surface area contributed by atoms with E-state index in [2.05, 4.69) is 15.4 Å². The van der Waals surface area contributed by atoms with Gasteiger partial charge in [-0.15, -0.1) is 5.10 Å². The number of hydrogen-bond acceptors (Lipinski definition) is 5. The van der Waals surface area contributed by atoms with Crippen LogP contribution in [0.3, 0.4) is 0 Å². The molecule has 1 N–H and O–H groups in total. The van der Waals surface area contributed by atoms with Crippen LogP contribution in [0, 0.1) is 13.8 Å². The van der Waals surface area contributed by atoms with Gasteiger partial charge >= 0.3 is 0 Å². The van der Waals surface area contributed by atoms with Crippen LogP contribution in [0.15, 0.2) is 30.3 Å². The van der Waals surface area contributed by atoms with Crippen LogP contribution in [0.5, 0.6) is 5.88 Å². The first-order chi connectivity index (χ1) is 14.0. The molecule has 0 fully saturated rings. The number of carbonyl (C=O) groups is 1. The number of nitrogens with zero attached hydrogens (tertiary/aromatic N) is 3. The van der Waals surface area contributed by atoms with Crippen molar-refractivity contribution in [1.29, 1.82) is 0 Å². The summed E-state index contributed by atoms with van der Waals surface area (Å²) in [5, 5.41) is 8.25. The molecule has 3 rings (SSSR count). The topological polar surface area (TPSA) is 78.3 Å². The van der Waals surface area contributed by atoms with E-state index in [1.807, 2.05) is 51.2 Å². The minimum Gasteiger partial charge on any atom is -0.479 e. The molecule has 3 aromatic rings. The Bertz CT molecular complexity index is 998. The molecule has 0 saturated carbocycles. The molecule has 29 heavy (non-hydrogen) atoms. The molecule has 7 nitrogen and oxygen atoms in total. The third-order valence-electron chi connectivity index (χ3n) is 5.26. The Morgan fingerprint density at radius 1 is 1.21 bits per heavy atom. The molecule has 0 saturated heterocycles. The predicted octanol–water partition coefficient (Wildman–Crippen LogP) is 3.03. The summed E-state index contributed by atoms with van der Waals surface area (Å²) >= 11 is 0. The smallest absolute Gasteiger partial charge is 0.242 e. The lowest BCUT2D eigenvalue weighted by molar-refractivity contribution is -0.121. The highest BCUT2D eigenvalue weighted by molar-refractivity contribution is 5.86. The third-order valence-corrected chi connectivity index (χ3v) is 5.26. The van der Waals surface area contributed by atoms with Crippen molar-refractivity contribution in [3.63, 3.8) is 0 Å². The third kappa shape index (κ3) is 4.40. The van der Waals surface area contributed by atoms with Gasteiger partial charge in [-0.3, -0.25) is 4.79 Å². The Kier molecular flexibility index (Phi) is 6.49. The summed E-state index contributed by atoms with van der Waals surface area (Å²) in [6, 6.07) is 9.88. The second-order valence-electron chi connectivity index (χ2n) is 7.07. The minimum atomic E-state index is -0.165. The van der Waals surface area contributed by atoms with Gasteiger partial charge in [0.2, 0.25) is 11.8 Å². The Hall–Kier alpha value is -2.93. The highest BCUT2D eigenvalue weighted by Gasteiger charge is 2.19. The van der Waals surface area contributed by atoms with E-state index in [0.717, 1.165) is 33.4 Å². The fourth-order valence-corrected chi connectivity index (χ4v) is 3.65. The fraction of sp³-hybridized carbons (Fsp3) is 0.409. The van der Waals surface area contributed by atoms with Crippen molar-refractivity contribution in [3.8, 4) is 5.88 Å². The van der Waals surface area contributed by atoms with E-state index in [1.54, 1.807) is 18.9 Å². The molecule has 2 heterocycles. The summed E-state index contributed by atoms with van der Waals surface area (Å²) < 4.78 is 12.6. The quantitative estimate of drug-likeness (QED) is 0.633. The Morgan fingerprint density at radius 2 is 1.93 bits per heavy atom. The predicted molar refractivity (Wildman–Crippen MR) is 112 cm³/mol. The second-order valence-corrected chi connectivity index (χ2v) is 7.07. The maximum atomic E-state index is 12.5. The minimum absolute atomic E-state index is 0.0139. The van der Waals surface area contributed by atoms with Crippen LogP contribution in [0.1, 0.15) is 34.9 Å². The number of aryl methyl sites for hydroxylation is 3. The SMILES string of the molecule is COc1nn(C)c2nc(C)c(CCC(=O)NCC(OC)c3ccccc3)c(C)c12. The number of methoxy groups -OCH3 is 2. The number of benzene rings is 1. The standard InChI is InChI=1S/C22H28N4O3/c1-14-17(15(2)24-21-20(14)22(29-5)25-26(21)3)11-12-19(27)23-13-18(28-4)16-9-7-6-8-10-16/h6-10,18H,11-13H2,1-5H3,(H,23,27). The number of aromatic nitrogens is 3. The maximum Gasteiger partial charge on any atom is 0.242 e. The van der Waals surface area contributed by atoms with Crippen molar-refractivity contribution in [1.82, 2.24) is 20.1 Å². The summed E-state index contributed by atoms with van der Waals surface area (Å²) in [5.74, 6) is 0.545. The van der Waals surface area contributed by atoms with E-state index >= 15 is 0 Å². The molecule has 154 valence electrons. The molecule has 2 aromatic heterocycles. The first-order valence-corrected chi connectivity index (χ1v) is 9.67. The van der Waals surface area contributed by atoms with Crippen LogP contribution in [-0.4, -0.2) is 41.4 Å². The summed E-state index contributed by atoms with van der Waals surface area (Å²) in [6.07, 6.45) is 0.817. The van der Waals surface area contributed by atoms with Gasteiger partial charge in [-0.2, -0.15) is 0 Å². The van der Waals surface area contributed by atoms with Crippen LogP contribution in [0.25, 0.3) is 11.0 Å². The van der Waals surface area contributed by atoms with E-state index in [4.69, 9.17) is 9.47 Å². The van der Waals surface area contributed by atoms with Gasteiger partial charge in [-0.1, -0.05) is 30.3 Å². The lowest BCUT2D eigenvalue weighted by atomic mass is 10.00. The molecule has 0 radical (unpaired) electrons. The van der Waals surface area contributed by atoms with Gasteiger partial charge in [0.25, 0.3) is 0 Å². The molecule has 7 heteroatoms. The van der Waals surface area contributed by atoms with Crippen LogP contribution in [-0.2, 0) is 23.0 Å². The molecular weight excluding hydrogens is 368 g/mol. The zero-order valence-corrected chi connectivity index (χ0v) is 17.7. The molecule has 1 unspecified atom stereocenters. The summed E-state index contributed by atoms with van der Waals surface area (Å²) in [7, 11) is 5.11. The van der Waals surface area contributed by atoms with Crippen molar-refractivity contribution >= 4 is 16.9 Å². The molecule has 0 aliphatic carbocycles. The van der Waals surface area contributed by atoms with E-state index in [9.17, 15) is 4.79 Å². The zero-order valence-electron chi connectivity index (χ0n) is 17.7. The number of pyridine rings is 1. The average Bonchev–Trinajstić information content (AvgIpc) is 3.04. The van der Waals surface area contributed by atoms with Gasteiger partial charge in [0.05, 0.1) is 18.6 Å². The Morgan fingerprint density at radius 3 is 2.59 bits per heavy atom. The van der Waals surface area contributed by atoms with Crippen molar-refractivity contribution in [2.75, 3.05) is 20.8 Å². The second kappa shape index (κ2) is 9.05. The Labute approximate surface area is 171 Å². The highest BCUT2D eigenvalue weighted by atomic mass is 16.5. The number of hydrogen-bond donors (Lipinski definition) is 1. The molecule has 0 bridgehead atoms. The largest absolute Gasteiger partial charge is 0.479 e. The fourth-order valence-electron chi connectivity index (χ4n) is 3.65. The molecule has 0 spiro atoms. The van der Waals surface area contributed by atoms with Crippen LogP contribution >= 0.6 is 0 Å². The van der Waals surface area contributed by atoms with E-state index in [-0.39, 0.29) is 12.0 Å². The van der Waals surface area contributed by atoms with Crippen LogP contribution < -0.4 is 10.1 Å². The summed E-state index contributed by atoms with van der Waals surface area (Å²) in [5.41, 5.74) is 4.86. The maximum absolute atomic E-state index is 12.5. The summed E-state index contributed by atoms with van der Waals surface area (Å²) in [6.45, 7) is 4.44. The van der Waals surface area contributed by atoms with Gasteiger partial charge in [-0.05, 0) is 37.0 Å². The van der Waals surface area contributed by atoms with Crippen LogP contribution in [0.4, 0.5) is 0 Å². The number of amides is 1. The molecule has 1 aromatic carbocycles. The Balaban J connectivity index is 1.68. The van der Waals surface area contributed by atoms with Crippen molar-refractivity contribution in [3.05, 3.63) is 52.7 Å². The van der Waals surface area contributed by atoms with Crippen molar-refractivity contribution in [2.24, 2.45) is 7.05 Å². The first-order valence-electron chi connectivity index (χ1n) is 9.67. The van der Waals surface area contributed by atoms with Gasteiger partial charge in [0, 0.05) is 32.8 Å². The number of fused-ring (bicyclic) bond motifs is 1. The van der Waals surface area contributed by atoms with Gasteiger partial charge in [0.1, 0.15) is 0 Å². The normalized spacial score (nSPS) is 12.2. The van der Waals surface area contributed by atoms with Crippen molar-refractivity contribution < 1.29 is 14.3 Å². The van der Waals surface area contributed by atoms with Crippen molar-refractivity contribution in [2.45, 2.75) is 32.8 Å². The number of nitrogens with one attached hydrogen (secondary N) is 1. The molecular formula is C22H28N4O3. The highest BCUT2D eigenvalue weighted by Crippen LogP contribution is 2.30. The number of ether oxygens (including phenoxy) is 2. The first kappa shape index (κ1) is 20.8. The monoisotopic (exact) mass is 396 g/mol. The van der Waals surface area contributed by atoms with E-state index in [1.165, 1.54) is 0 Å². The van der Waals surface area contributed by atoms with E-state index in [0.29, 0.717) is 25.3 Å². The van der Waals surface area contributed by atoms with Gasteiger partial charge in [-0.25, -0.2) is 9.67 Å². The molecule has 1 atom stereocenters. The molecule has 0 aliphatic heterocycles. The zero-order chi connectivity index (χ0) is 21.0. The number of carbonyl (C=O) groups excluding carboxylic acids is 1. The van der Waals surface area contributed by atoms with Crippen LogP contribution in [0.2, 0.25) is 0 Å². The average molecular weight is 396 g/mol. The lowest BCUT2D eigenvalue weighted by Crippen LogP contribution is -2.29. The van der Waals surface area contributed by atoms with Gasteiger partial charge < -0.3 is 14.8 Å². The summed E-state index contributed by atoms with van der Waals surface area (Å²) in [4.78, 5) is 17.1. The van der Waals surface area contributed by atoms with E-state index < -0.39 is 0 Å². The molecule has 1 amide bonds. The lowest BCUT2D eigenvalue weighted by Gasteiger charge is -2.17. The molecule has 0 aliphatic rings.